The van der Waals surface area contributed by atoms with Crippen molar-refractivity contribution in [3.63, 3.8) is 0 Å². The lowest BCUT2D eigenvalue weighted by atomic mass is 9.66. The minimum Gasteiger partial charge on any atom is -0.391 e. The highest BCUT2D eigenvalue weighted by Gasteiger charge is 2.47. The number of fused-ring (bicyclic) bond motifs is 1. The highest BCUT2D eigenvalue weighted by Crippen LogP contribution is 2.47. The largest absolute Gasteiger partial charge is 0.391 e. The molecular formula is C71H120N4O2. The van der Waals surface area contributed by atoms with E-state index in [0.717, 1.165) is 86.8 Å². The lowest BCUT2D eigenvalue weighted by molar-refractivity contribution is -0.131. The van der Waals surface area contributed by atoms with Crippen molar-refractivity contribution in [2.24, 2.45) is 75.4 Å². The summed E-state index contributed by atoms with van der Waals surface area (Å²) in [4.78, 5) is 4.71. The van der Waals surface area contributed by atoms with Crippen molar-refractivity contribution in [3.05, 3.63) is 96.7 Å². The van der Waals surface area contributed by atoms with Gasteiger partial charge in [0.05, 0.1) is 23.7 Å². The first-order chi connectivity index (χ1) is 35.9. The van der Waals surface area contributed by atoms with E-state index >= 15 is 0 Å². The molecule has 1 saturated carbocycles. The number of likely N-dealkylation sites (N-methyl/N-ethyl adjacent to an activating group) is 1. The van der Waals surface area contributed by atoms with Gasteiger partial charge in [-0.05, 0) is 221 Å². The summed E-state index contributed by atoms with van der Waals surface area (Å²) in [5, 5.41) is 27.5. The van der Waals surface area contributed by atoms with E-state index in [-0.39, 0.29) is 65.5 Å². The minimum absolute atomic E-state index is 0.0368. The van der Waals surface area contributed by atoms with Gasteiger partial charge < -0.3 is 19.6 Å². The Hall–Kier alpha value is -2.79. The molecule has 5 rings (SSSR count). The van der Waals surface area contributed by atoms with Gasteiger partial charge in [-0.25, -0.2) is 0 Å². The van der Waals surface area contributed by atoms with Gasteiger partial charge in [-0.2, -0.15) is 5.26 Å². The van der Waals surface area contributed by atoms with E-state index in [2.05, 4.69) is 171 Å². The average molecular weight is 1060 g/mol. The summed E-state index contributed by atoms with van der Waals surface area (Å²) in [7, 11) is 6.56. The highest BCUT2D eigenvalue weighted by atomic mass is 16.5. The number of allylic oxidation sites excluding steroid dienone is 9. The Morgan fingerprint density at radius 3 is 2.14 bits per heavy atom. The zero-order chi connectivity index (χ0) is 57.9. The first-order valence-electron chi connectivity index (χ1n) is 31.2. The van der Waals surface area contributed by atoms with Gasteiger partial charge in [-0.3, -0.25) is 5.32 Å². The van der Waals surface area contributed by atoms with Crippen molar-refractivity contribution in [1.82, 2.24) is 15.1 Å². The fraction of sp³-hybridized carbons (Fsp3) is 0.761. The summed E-state index contributed by atoms with van der Waals surface area (Å²) in [5.74, 6) is 4.22. The highest BCUT2D eigenvalue weighted by molar-refractivity contribution is 5.29. The molecule has 0 radical (unpaired) electrons. The van der Waals surface area contributed by atoms with Gasteiger partial charge in [0.15, 0.2) is 0 Å². The van der Waals surface area contributed by atoms with Crippen LogP contribution in [0, 0.1) is 86.8 Å². The summed E-state index contributed by atoms with van der Waals surface area (Å²) in [5.41, 5.74) is 8.50. The molecule has 0 aromatic rings. The Bertz CT molecular complexity index is 2100. The van der Waals surface area contributed by atoms with Gasteiger partial charge in [0.1, 0.15) is 6.23 Å². The zero-order valence-electron chi connectivity index (χ0n) is 53.1. The first kappa shape index (κ1) is 66.7. The standard InChI is InChI=1S/C63H104N4O2.C8H16/c1-19-54-34-45(7)47(9)48(10)49(11)59(63(15,39-64)37-43(5)38-67(18)50(12)60(68)62(54,13)14)65-61-57(58(66(16)17)35-46(8)69-61)33-41(3)25-24-40(2)30-52-32-42(4)31-51(36-52)27-29-55-44(6)26-28-53-22-20-21-23-56(53)55;1-6-8(4,5)7(2)3/h22,26,28,43-44,46-47,49-52,54-61,65,68H,2-4,7,10,19-21,23-25,27,29-38H2,1,5-6,8-9,11-18H3;2,6H2,1,3-5H3/t43-,44?,46?,47?,49+,50?,51+,52?,54+,55?,56?,57-,58?,59-,60?,61?,63+;/m1./s1. The molecule has 0 aromatic carbocycles. The molecule has 0 bridgehead atoms. The van der Waals surface area contributed by atoms with Gasteiger partial charge in [-0.15, -0.1) is 0 Å². The molecule has 2 saturated heterocycles. The quantitative estimate of drug-likeness (QED) is 0.150. The molecule has 77 heavy (non-hydrogen) atoms. The number of nitriles is 1. The van der Waals surface area contributed by atoms with Gasteiger partial charge in [0.25, 0.3) is 0 Å². The second-order valence-corrected chi connectivity index (χ2v) is 28.5. The molecule has 3 aliphatic carbocycles. The van der Waals surface area contributed by atoms with Crippen LogP contribution >= 0.6 is 0 Å². The molecule has 10 unspecified atom stereocenters. The third kappa shape index (κ3) is 17.9. The van der Waals surface area contributed by atoms with Gasteiger partial charge in [0, 0.05) is 30.6 Å². The maximum Gasteiger partial charge on any atom is 0.113 e. The number of hydrogen-bond donors (Lipinski definition) is 2. The number of ether oxygens (including phenoxy) is 1. The van der Waals surface area contributed by atoms with Gasteiger partial charge >= 0.3 is 0 Å². The van der Waals surface area contributed by atoms with Crippen molar-refractivity contribution in [1.29, 1.82) is 5.26 Å². The fourth-order valence-corrected chi connectivity index (χ4v) is 15.0. The lowest BCUT2D eigenvalue weighted by Crippen LogP contribution is -2.61. The molecular weight excluding hydrogens is 941 g/mol. The van der Waals surface area contributed by atoms with E-state index in [9.17, 15) is 10.4 Å². The second-order valence-electron chi connectivity index (χ2n) is 28.5. The molecule has 17 atom stereocenters. The number of nitrogens with one attached hydrogen (secondary N) is 1. The van der Waals surface area contributed by atoms with E-state index in [1.165, 1.54) is 73.7 Å². The molecule has 2 heterocycles. The van der Waals surface area contributed by atoms with E-state index in [1.54, 1.807) is 5.57 Å². The average Bonchev–Trinajstić information content (AvgIpc) is 3.37. The van der Waals surface area contributed by atoms with Crippen LogP contribution < -0.4 is 5.32 Å². The maximum atomic E-state index is 12.0. The molecule has 0 amide bonds. The molecule has 2 N–H and O–H groups in total. The Morgan fingerprint density at radius 1 is 0.922 bits per heavy atom. The molecule has 436 valence electrons. The summed E-state index contributed by atoms with van der Waals surface area (Å²) in [6.45, 7) is 59.4. The van der Waals surface area contributed by atoms with E-state index in [1.807, 2.05) is 0 Å². The number of nitrogens with zero attached hydrogens (tertiary/aromatic N) is 3. The van der Waals surface area contributed by atoms with Crippen LogP contribution in [-0.2, 0) is 4.74 Å². The SMILES string of the molecule is C=C(C)C(C)(C)CC.C=C(CCC(=C)C[C@H]1C(N[C@@H]2[C@@H](C)C(=C)C(C)C(=C)C[C@H](CC)C(C)(C)C(O)C(C)N(C)C[C@H](C)C[C@@]2(C)C#N)OC(C)CC1N(C)C)CC1CC(=C)C[C@H](CCC2C(C)C=CC3=CCCCC32)C1. The monoisotopic (exact) mass is 1060 g/mol. The predicted molar refractivity (Wildman–Crippen MR) is 333 cm³/mol. The number of hydrogen-bond acceptors (Lipinski definition) is 6. The van der Waals surface area contributed by atoms with Crippen LogP contribution in [0.1, 0.15) is 206 Å². The summed E-state index contributed by atoms with van der Waals surface area (Å²) < 4.78 is 7.03. The van der Waals surface area contributed by atoms with Crippen LogP contribution in [-0.4, -0.2) is 79.2 Å². The summed E-state index contributed by atoms with van der Waals surface area (Å²) >= 11 is 0. The molecule has 2 aliphatic heterocycles. The molecule has 3 fully saturated rings. The van der Waals surface area contributed by atoms with Crippen LogP contribution in [0.3, 0.4) is 0 Å². The van der Waals surface area contributed by atoms with Crippen LogP contribution in [0.15, 0.2) is 96.7 Å². The zero-order valence-corrected chi connectivity index (χ0v) is 53.1. The van der Waals surface area contributed by atoms with Crippen molar-refractivity contribution >= 4 is 0 Å². The third-order valence-corrected chi connectivity index (χ3v) is 21.4. The topological polar surface area (TPSA) is 71.8 Å². The number of rotatable bonds is 16. The normalized spacial score (nSPS) is 36.8. The van der Waals surface area contributed by atoms with Gasteiger partial charge in [0.2, 0.25) is 0 Å². The Labute approximate surface area is 476 Å². The van der Waals surface area contributed by atoms with Crippen LogP contribution in [0.5, 0.6) is 0 Å². The summed E-state index contributed by atoms with van der Waals surface area (Å²) in [6, 6.07) is 2.91. The second kappa shape index (κ2) is 29.3. The maximum absolute atomic E-state index is 12.0. The van der Waals surface area contributed by atoms with E-state index in [4.69, 9.17) is 31.1 Å². The molecule has 6 nitrogen and oxygen atoms in total. The Morgan fingerprint density at radius 2 is 1.56 bits per heavy atom. The molecule has 6 heteroatoms. The van der Waals surface area contributed by atoms with Crippen molar-refractivity contribution in [2.75, 3.05) is 27.7 Å². The predicted octanol–water partition coefficient (Wildman–Crippen LogP) is 17.7. The van der Waals surface area contributed by atoms with E-state index < -0.39 is 11.5 Å². The smallest absolute Gasteiger partial charge is 0.113 e. The number of aliphatic hydroxyl groups is 1. The van der Waals surface area contributed by atoms with Crippen LogP contribution in [0.4, 0.5) is 0 Å². The Balaban J connectivity index is 0.00000148. The van der Waals surface area contributed by atoms with Crippen molar-refractivity contribution in [2.45, 2.75) is 243 Å². The lowest BCUT2D eigenvalue weighted by Gasteiger charge is -2.49. The summed E-state index contributed by atoms with van der Waals surface area (Å²) in [6.07, 6.45) is 25.4. The first-order valence-corrected chi connectivity index (χ1v) is 31.2. The van der Waals surface area contributed by atoms with Crippen LogP contribution in [0.25, 0.3) is 0 Å². The third-order valence-electron chi connectivity index (χ3n) is 21.4. The Kier molecular flexibility index (Phi) is 25.4. The number of aliphatic hydroxyl groups excluding tert-OH is 1. The molecule has 5 aliphatic rings. The fourth-order valence-electron chi connectivity index (χ4n) is 15.0. The molecule has 0 aromatic heterocycles. The van der Waals surface area contributed by atoms with Crippen molar-refractivity contribution in [3.8, 4) is 6.07 Å². The van der Waals surface area contributed by atoms with Gasteiger partial charge in [-0.1, -0.05) is 167 Å². The van der Waals surface area contributed by atoms with Crippen LogP contribution in [0.2, 0.25) is 0 Å². The molecule has 0 spiro atoms. The van der Waals surface area contributed by atoms with Crippen molar-refractivity contribution < 1.29 is 9.84 Å². The minimum atomic E-state index is -0.737. The van der Waals surface area contributed by atoms with E-state index in [0.29, 0.717) is 23.7 Å².